The predicted molar refractivity (Wildman–Crippen MR) is 65.0 cm³/mol. The highest BCUT2D eigenvalue weighted by Crippen LogP contribution is 2.23. The first-order chi connectivity index (χ1) is 7.13. The Kier molecular flexibility index (Phi) is 2.75. The number of halogens is 2. The van der Waals surface area contributed by atoms with E-state index >= 15 is 0 Å². The molecular weight excluding hydrogens is 279 g/mol. The molecular formula is C10H8BrFN2S. The fourth-order valence-electron chi connectivity index (χ4n) is 1.46. The first-order valence-electron chi connectivity index (χ1n) is 4.32. The number of imidazole rings is 1. The molecule has 0 spiro atoms. The van der Waals surface area contributed by atoms with Crippen molar-refractivity contribution in [3.8, 4) is 0 Å². The first kappa shape index (κ1) is 10.6. The van der Waals surface area contributed by atoms with Gasteiger partial charge in [-0.1, -0.05) is 6.08 Å². The maximum Gasteiger partial charge on any atom is 0.178 e. The molecule has 2 rings (SSSR count). The summed E-state index contributed by atoms with van der Waals surface area (Å²) < 4.78 is 16.1. The largest absolute Gasteiger partial charge is 0.331 e. The maximum absolute atomic E-state index is 13.3. The van der Waals surface area contributed by atoms with Gasteiger partial charge in [-0.3, -0.25) is 0 Å². The van der Waals surface area contributed by atoms with Crippen LogP contribution in [0, 0.1) is 10.6 Å². The van der Waals surface area contributed by atoms with Gasteiger partial charge >= 0.3 is 0 Å². The Morgan fingerprint density at radius 3 is 3.00 bits per heavy atom. The molecule has 2 aromatic rings. The molecule has 0 amide bonds. The van der Waals surface area contributed by atoms with Gasteiger partial charge in [0.15, 0.2) is 4.77 Å². The number of aromatic nitrogens is 2. The summed E-state index contributed by atoms with van der Waals surface area (Å²) in [6.07, 6.45) is 1.73. The maximum atomic E-state index is 13.3. The summed E-state index contributed by atoms with van der Waals surface area (Å²) >= 11 is 8.26. The number of aromatic amines is 1. The molecule has 0 saturated carbocycles. The van der Waals surface area contributed by atoms with Gasteiger partial charge in [0, 0.05) is 12.6 Å². The summed E-state index contributed by atoms with van der Waals surface area (Å²) in [6, 6.07) is 3.13. The fraction of sp³-hybridized carbons (Fsp3) is 0.100. The monoisotopic (exact) mass is 286 g/mol. The van der Waals surface area contributed by atoms with Crippen molar-refractivity contribution in [1.82, 2.24) is 9.55 Å². The highest BCUT2D eigenvalue weighted by molar-refractivity contribution is 9.10. The van der Waals surface area contributed by atoms with E-state index in [1.165, 1.54) is 6.07 Å². The van der Waals surface area contributed by atoms with Crippen LogP contribution in [0.2, 0.25) is 0 Å². The summed E-state index contributed by atoms with van der Waals surface area (Å²) in [5.74, 6) is -0.297. The second-order valence-electron chi connectivity index (χ2n) is 3.11. The zero-order chi connectivity index (χ0) is 11.0. The van der Waals surface area contributed by atoms with Crippen LogP contribution in [-0.4, -0.2) is 9.55 Å². The standard InChI is InChI=1S/C10H8BrFN2S/c1-2-3-14-9-5-7(12)6(11)4-8(9)13-10(14)15/h2,4-5H,1,3H2,(H,13,15). The van der Waals surface area contributed by atoms with Crippen molar-refractivity contribution in [3.05, 3.63) is 39.8 Å². The van der Waals surface area contributed by atoms with Gasteiger partial charge in [-0.05, 0) is 34.2 Å². The Morgan fingerprint density at radius 2 is 2.33 bits per heavy atom. The number of fused-ring (bicyclic) bond motifs is 1. The molecule has 1 N–H and O–H groups in total. The molecule has 0 aliphatic carbocycles. The van der Waals surface area contributed by atoms with E-state index in [0.717, 1.165) is 11.0 Å². The Labute approximate surface area is 99.5 Å². The second-order valence-corrected chi connectivity index (χ2v) is 4.35. The number of nitrogens with zero attached hydrogens (tertiary/aromatic N) is 1. The van der Waals surface area contributed by atoms with E-state index in [-0.39, 0.29) is 5.82 Å². The summed E-state index contributed by atoms with van der Waals surface area (Å²) in [7, 11) is 0. The van der Waals surface area contributed by atoms with Crippen molar-refractivity contribution in [2.24, 2.45) is 0 Å². The molecule has 0 bridgehead atoms. The van der Waals surface area contributed by atoms with E-state index in [2.05, 4.69) is 27.5 Å². The van der Waals surface area contributed by atoms with Gasteiger partial charge in [0.2, 0.25) is 0 Å². The van der Waals surface area contributed by atoms with Crippen molar-refractivity contribution >= 4 is 39.2 Å². The first-order valence-corrected chi connectivity index (χ1v) is 5.52. The molecule has 2 nitrogen and oxygen atoms in total. The molecule has 0 saturated heterocycles. The van der Waals surface area contributed by atoms with Gasteiger partial charge < -0.3 is 9.55 Å². The molecule has 5 heteroatoms. The predicted octanol–water partition coefficient (Wildman–Crippen LogP) is 3.79. The van der Waals surface area contributed by atoms with E-state index in [9.17, 15) is 4.39 Å². The van der Waals surface area contributed by atoms with Crippen LogP contribution >= 0.6 is 28.1 Å². The zero-order valence-corrected chi connectivity index (χ0v) is 10.2. The number of benzene rings is 1. The highest BCUT2D eigenvalue weighted by atomic mass is 79.9. The molecule has 0 aliphatic heterocycles. The van der Waals surface area contributed by atoms with E-state index < -0.39 is 0 Å². The number of allylic oxidation sites excluding steroid dienone is 1. The highest BCUT2D eigenvalue weighted by Gasteiger charge is 2.07. The Bertz CT molecular complexity index is 585. The minimum absolute atomic E-state index is 0.297. The SMILES string of the molecule is C=CCn1c(=S)[nH]c2cc(Br)c(F)cc21. The van der Waals surface area contributed by atoms with Crippen LogP contribution in [0.4, 0.5) is 4.39 Å². The van der Waals surface area contributed by atoms with Gasteiger partial charge in [0.05, 0.1) is 15.5 Å². The Hall–Kier alpha value is -0.940. The molecule has 0 atom stereocenters. The number of rotatable bonds is 2. The molecule has 78 valence electrons. The lowest BCUT2D eigenvalue weighted by Gasteiger charge is -2.00. The summed E-state index contributed by atoms with van der Waals surface area (Å²) in [4.78, 5) is 3.01. The average molecular weight is 287 g/mol. The Morgan fingerprint density at radius 1 is 1.60 bits per heavy atom. The van der Waals surface area contributed by atoms with E-state index in [1.807, 2.05) is 0 Å². The quantitative estimate of drug-likeness (QED) is 0.658. The van der Waals surface area contributed by atoms with Crippen LogP contribution in [0.1, 0.15) is 0 Å². The lowest BCUT2D eigenvalue weighted by atomic mass is 10.3. The molecule has 0 unspecified atom stereocenters. The lowest BCUT2D eigenvalue weighted by Crippen LogP contribution is -1.94. The summed E-state index contributed by atoms with van der Waals surface area (Å²) in [5.41, 5.74) is 1.57. The van der Waals surface area contributed by atoms with Crippen LogP contribution in [0.5, 0.6) is 0 Å². The van der Waals surface area contributed by atoms with Crippen LogP contribution in [0.15, 0.2) is 29.3 Å². The summed E-state index contributed by atoms with van der Waals surface area (Å²) in [6.45, 7) is 4.21. The van der Waals surface area contributed by atoms with Crippen LogP contribution in [0.25, 0.3) is 11.0 Å². The van der Waals surface area contributed by atoms with Gasteiger partial charge in [0.1, 0.15) is 5.82 Å². The molecule has 0 aliphatic rings. The normalized spacial score (nSPS) is 10.8. The van der Waals surface area contributed by atoms with Crippen molar-refractivity contribution in [2.45, 2.75) is 6.54 Å². The second kappa shape index (κ2) is 3.90. The van der Waals surface area contributed by atoms with Crippen LogP contribution in [0.3, 0.4) is 0 Å². The minimum Gasteiger partial charge on any atom is -0.331 e. The minimum atomic E-state index is -0.297. The van der Waals surface area contributed by atoms with Gasteiger partial charge in [-0.2, -0.15) is 0 Å². The van der Waals surface area contributed by atoms with Crippen molar-refractivity contribution in [3.63, 3.8) is 0 Å². The van der Waals surface area contributed by atoms with Crippen LogP contribution in [-0.2, 0) is 6.54 Å². The fourth-order valence-corrected chi connectivity index (χ4v) is 2.09. The topological polar surface area (TPSA) is 20.7 Å². The third kappa shape index (κ3) is 1.77. The third-order valence-electron chi connectivity index (χ3n) is 2.13. The zero-order valence-electron chi connectivity index (χ0n) is 7.76. The molecule has 1 aromatic carbocycles. The molecule has 0 radical (unpaired) electrons. The van der Waals surface area contributed by atoms with Crippen molar-refractivity contribution in [2.75, 3.05) is 0 Å². The van der Waals surface area contributed by atoms with Crippen molar-refractivity contribution < 1.29 is 4.39 Å². The number of hydrogen-bond donors (Lipinski definition) is 1. The smallest absolute Gasteiger partial charge is 0.178 e. The molecule has 1 aromatic heterocycles. The molecule has 15 heavy (non-hydrogen) atoms. The molecule has 1 heterocycles. The lowest BCUT2D eigenvalue weighted by molar-refractivity contribution is 0.622. The number of nitrogens with one attached hydrogen (secondary N) is 1. The van der Waals surface area contributed by atoms with E-state index in [0.29, 0.717) is 15.8 Å². The third-order valence-corrected chi connectivity index (χ3v) is 3.06. The average Bonchev–Trinajstić information content (AvgIpc) is 2.46. The number of H-pyrrole nitrogens is 1. The van der Waals surface area contributed by atoms with Gasteiger partial charge in [0.25, 0.3) is 0 Å². The summed E-state index contributed by atoms with van der Waals surface area (Å²) in [5, 5.41) is 0. The van der Waals surface area contributed by atoms with Crippen molar-refractivity contribution in [1.29, 1.82) is 0 Å². The Balaban J connectivity index is 2.81. The van der Waals surface area contributed by atoms with Crippen LogP contribution < -0.4 is 0 Å². The number of hydrogen-bond acceptors (Lipinski definition) is 1. The van der Waals surface area contributed by atoms with Gasteiger partial charge in [-0.15, -0.1) is 6.58 Å². The van der Waals surface area contributed by atoms with E-state index in [4.69, 9.17) is 12.2 Å². The molecule has 0 fully saturated rings. The van der Waals surface area contributed by atoms with E-state index in [1.54, 1.807) is 16.7 Å². The van der Waals surface area contributed by atoms with Gasteiger partial charge in [-0.25, -0.2) is 4.39 Å².